The molecule has 0 aliphatic heterocycles. The zero-order valence-corrected chi connectivity index (χ0v) is 14.3. The van der Waals surface area contributed by atoms with Crippen LogP contribution in [0.3, 0.4) is 0 Å². The number of nitrogens with two attached hydrogens (primary N) is 1. The fraction of sp³-hybridized carbons (Fsp3) is 0.474. The van der Waals surface area contributed by atoms with Gasteiger partial charge in [-0.05, 0) is 55.6 Å². The van der Waals surface area contributed by atoms with Gasteiger partial charge in [0.05, 0.1) is 22.7 Å². The summed E-state index contributed by atoms with van der Waals surface area (Å²) in [5.74, 6) is 1.54. The molecule has 2 aliphatic carbocycles. The van der Waals surface area contributed by atoms with E-state index in [2.05, 4.69) is 6.07 Å². The molecule has 0 saturated heterocycles. The van der Waals surface area contributed by atoms with Crippen molar-refractivity contribution in [1.82, 2.24) is 0 Å². The molecule has 3 atom stereocenters. The second kappa shape index (κ2) is 5.82. The number of nitriles is 1. The second-order valence-corrected chi connectivity index (χ2v) is 7.72. The van der Waals surface area contributed by atoms with Crippen LogP contribution in [-0.4, -0.2) is 5.21 Å². The van der Waals surface area contributed by atoms with E-state index in [0.29, 0.717) is 34.7 Å². The Hall–Kier alpha value is -1.99. The first-order valence-electron chi connectivity index (χ1n) is 8.60. The molecule has 3 unspecified atom stereocenters. The highest BCUT2D eigenvalue weighted by atomic mass is 35.5. The summed E-state index contributed by atoms with van der Waals surface area (Å²) in [4.78, 5) is 0. The third kappa shape index (κ3) is 2.39. The Bertz CT molecular complexity index is 858. The number of benzene rings is 1. The number of rotatable bonds is 2. The molecule has 1 aromatic heterocycles. The van der Waals surface area contributed by atoms with Crippen molar-refractivity contribution in [3.8, 4) is 6.07 Å². The summed E-state index contributed by atoms with van der Waals surface area (Å²) in [5.41, 5.74) is 10.0. The minimum Gasteiger partial charge on any atom is -0.398 e. The number of halogens is 1. The smallest absolute Gasteiger partial charge is 0.268 e. The first-order valence-corrected chi connectivity index (χ1v) is 8.98. The largest absolute Gasteiger partial charge is 0.398 e. The highest BCUT2D eigenvalue weighted by Gasteiger charge is 2.42. The van der Waals surface area contributed by atoms with Crippen LogP contribution in [0, 0.1) is 23.2 Å². The van der Waals surface area contributed by atoms with Gasteiger partial charge in [-0.1, -0.05) is 11.6 Å². The quantitative estimate of drug-likeness (QED) is 0.640. The van der Waals surface area contributed by atoms with E-state index in [1.807, 2.05) is 12.1 Å². The Balaban J connectivity index is 1.82. The molecular formula is C19H21ClN3O+. The van der Waals surface area contributed by atoms with Crippen LogP contribution in [0.5, 0.6) is 0 Å². The number of aromatic nitrogens is 1. The van der Waals surface area contributed by atoms with Gasteiger partial charge in [-0.15, -0.1) is 0 Å². The minimum absolute atomic E-state index is 0.384. The topological polar surface area (TPSA) is 73.9 Å². The lowest BCUT2D eigenvalue weighted by Gasteiger charge is -2.38. The lowest BCUT2D eigenvalue weighted by Crippen LogP contribution is -2.43. The molecule has 4 nitrogen and oxygen atoms in total. The van der Waals surface area contributed by atoms with Gasteiger partial charge < -0.3 is 5.73 Å². The van der Waals surface area contributed by atoms with Gasteiger partial charge >= 0.3 is 0 Å². The van der Waals surface area contributed by atoms with Gasteiger partial charge in [-0.3, -0.25) is 5.21 Å². The van der Waals surface area contributed by atoms with Crippen LogP contribution in [0.25, 0.3) is 10.9 Å². The SMILES string of the molecule is N#CCCC1CC2Cc3c(c(N)c4ccc(Cl)cc4[n+]3O)C(C1)C2. The molecule has 1 fully saturated rings. The van der Waals surface area contributed by atoms with E-state index in [-0.39, 0.29) is 0 Å². The molecule has 0 spiro atoms. The fourth-order valence-corrected chi connectivity index (χ4v) is 5.03. The molecular weight excluding hydrogens is 322 g/mol. The van der Waals surface area contributed by atoms with Gasteiger partial charge in [0.15, 0.2) is 0 Å². The predicted octanol–water partition coefficient (Wildman–Crippen LogP) is 3.96. The van der Waals surface area contributed by atoms with E-state index in [1.54, 1.807) is 6.07 Å². The van der Waals surface area contributed by atoms with Crippen molar-refractivity contribution < 1.29 is 9.94 Å². The van der Waals surface area contributed by atoms with E-state index in [9.17, 15) is 5.21 Å². The van der Waals surface area contributed by atoms with Crippen molar-refractivity contribution in [2.75, 3.05) is 5.73 Å². The molecule has 0 radical (unpaired) electrons. The number of nitrogens with zero attached hydrogens (tertiary/aromatic N) is 2. The van der Waals surface area contributed by atoms with Crippen molar-refractivity contribution in [2.24, 2.45) is 11.8 Å². The van der Waals surface area contributed by atoms with Crippen LogP contribution in [-0.2, 0) is 6.42 Å². The lowest BCUT2D eigenvalue weighted by atomic mass is 9.65. The van der Waals surface area contributed by atoms with E-state index >= 15 is 0 Å². The fourth-order valence-electron chi connectivity index (χ4n) is 4.86. The summed E-state index contributed by atoms with van der Waals surface area (Å²) in [5, 5.41) is 21.1. The van der Waals surface area contributed by atoms with E-state index in [1.165, 1.54) is 4.73 Å². The first kappa shape index (κ1) is 15.5. The summed E-state index contributed by atoms with van der Waals surface area (Å²) in [6.45, 7) is 0. The molecule has 124 valence electrons. The highest BCUT2D eigenvalue weighted by molar-refractivity contribution is 6.31. The minimum atomic E-state index is 0.384. The van der Waals surface area contributed by atoms with Gasteiger partial charge in [-0.2, -0.15) is 5.26 Å². The molecule has 1 heterocycles. The highest BCUT2D eigenvalue weighted by Crippen LogP contribution is 2.49. The van der Waals surface area contributed by atoms with Crippen molar-refractivity contribution in [1.29, 1.82) is 5.26 Å². The van der Waals surface area contributed by atoms with Gasteiger partial charge in [0.1, 0.15) is 0 Å². The summed E-state index contributed by atoms with van der Waals surface area (Å²) < 4.78 is 1.31. The number of anilines is 1. The van der Waals surface area contributed by atoms with Crippen molar-refractivity contribution in [2.45, 2.75) is 44.4 Å². The third-order valence-corrected chi connectivity index (χ3v) is 6.03. The van der Waals surface area contributed by atoms with Gasteiger partial charge in [-0.25, -0.2) is 0 Å². The Kier molecular flexibility index (Phi) is 3.77. The number of fused-ring (bicyclic) bond motifs is 5. The van der Waals surface area contributed by atoms with Gasteiger partial charge in [0.25, 0.3) is 5.52 Å². The van der Waals surface area contributed by atoms with Crippen LogP contribution in [0.15, 0.2) is 18.2 Å². The number of nitrogen functional groups attached to an aromatic ring is 1. The Morgan fingerprint density at radius 1 is 1.33 bits per heavy atom. The molecule has 24 heavy (non-hydrogen) atoms. The third-order valence-electron chi connectivity index (χ3n) is 5.79. The number of hydrogen-bond acceptors (Lipinski definition) is 3. The average molecular weight is 343 g/mol. The maximum Gasteiger partial charge on any atom is 0.268 e. The van der Waals surface area contributed by atoms with Gasteiger partial charge in [0, 0.05) is 28.7 Å². The van der Waals surface area contributed by atoms with E-state index < -0.39 is 0 Å². The number of hydrogen-bond donors (Lipinski definition) is 2. The summed E-state index contributed by atoms with van der Waals surface area (Å²) in [6, 6.07) is 7.75. The Morgan fingerprint density at radius 2 is 2.17 bits per heavy atom. The first-order chi connectivity index (χ1) is 11.6. The molecule has 1 aromatic carbocycles. The monoisotopic (exact) mass is 342 g/mol. The predicted molar refractivity (Wildman–Crippen MR) is 92.9 cm³/mol. The summed E-state index contributed by atoms with van der Waals surface area (Å²) >= 11 is 6.10. The molecule has 5 heteroatoms. The maximum absolute atomic E-state index is 10.8. The van der Waals surface area contributed by atoms with Gasteiger partial charge in [0.2, 0.25) is 5.69 Å². The Morgan fingerprint density at radius 3 is 2.96 bits per heavy atom. The molecule has 4 rings (SSSR count). The molecule has 0 amide bonds. The Labute approximate surface area is 146 Å². The van der Waals surface area contributed by atoms with E-state index in [4.69, 9.17) is 22.6 Å². The van der Waals surface area contributed by atoms with Crippen LogP contribution in [0.2, 0.25) is 5.02 Å². The van der Waals surface area contributed by atoms with Crippen LogP contribution in [0.4, 0.5) is 5.69 Å². The van der Waals surface area contributed by atoms with E-state index in [0.717, 1.165) is 54.4 Å². The van der Waals surface area contributed by atoms with Crippen LogP contribution in [0.1, 0.15) is 49.3 Å². The molecule has 1 saturated carbocycles. The summed E-state index contributed by atoms with van der Waals surface area (Å²) in [6.07, 6.45) is 5.79. The normalized spacial score (nSPS) is 25.2. The van der Waals surface area contributed by atoms with Crippen molar-refractivity contribution >= 4 is 28.2 Å². The maximum atomic E-state index is 10.8. The average Bonchev–Trinajstić information content (AvgIpc) is 2.57. The molecule has 2 bridgehead atoms. The second-order valence-electron chi connectivity index (χ2n) is 7.28. The summed E-state index contributed by atoms with van der Waals surface area (Å²) in [7, 11) is 0. The zero-order valence-electron chi connectivity index (χ0n) is 13.5. The molecule has 2 aromatic rings. The zero-order chi connectivity index (χ0) is 16.8. The van der Waals surface area contributed by atoms with Crippen LogP contribution >= 0.6 is 11.6 Å². The van der Waals surface area contributed by atoms with Crippen LogP contribution < -0.4 is 10.5 Å². The lowest BCUT2D eigenvalue weighted by molar-refractivity contribution is -0.890. The number of pyridine rings is 1. The molecule has 2 aliphatic rings. The van der Waals surface area contributed by atoms with Crippen molar-refractivity contribution in [3.05, 3.63) is 34.5 Å². The van der Waals surface area contributed by atoms with Crippen molar-refractivity contribution in [3.63, 3.8) is 0 Å². The standard InChI is InChI=1S/C19H20ClN3O/c20-14-3-4-15-16(10-14)23(24)17-9-12-6-11(2-1-5-21)7-13(8-12)18(17)19(15)22/h3-4,10-13,22,24H,1-2,6-9H2/p+1. The molecule has 3 N–H and O–H groups in total.